The third-order valence-electron chi connectivity index (χ3n) is 1.88. The Kier molecular flexibility index (Phi) is 4.56. The van der Waals surface area contributed by atoms with Gasteiger partial charge in [-0.05, 0) is 49.7 Å². The SMILES string of the molecule is COc1nc(C)cc(NC(=O)OC(C)(C)C)c1Br. The molecule has 1 aromatic heterocycles. The predicted octanol–water partition coefficient (Wildman–Crippen LogP) is 3.51. The van der Waals surface area contributed by atoms with Gasteiger partial charge in [-0.25, -0.2) is 9.78 Å². The van der Waals surface area contributed by atoms with E-state index in [1.165, 1.54) is 7.11 Å². The maximum Gasteiger partial charge on any atom is 0.412 e. The number of hydrogen-bond donors (Lipinski definition) is 1. The van der Waals surface area contributed by atoms with Gasteiger partial charge < -0.3 is 9.47 Å². The van der Waals surface area contributed by atoms with Crippen LogP contribution in [0.2, 0.25) is 0 Å². The fraction of sp³-hybridized carbons (Fsp3) is 0.500. The van der Waals surface area contributed by atoms with Gasteiger partial charge in [-0.1, -0.05) is 0 Å². The van der Waals surface area contributed by atoms with E-state index in [4.69, 9.17) is 9.47 Å². The fourth-order valence-corrected chi connectivity index (χ4v) is 1.73. The number of aryl methyl sites for hydroxylation is 1. The van der Waals surface area contributed by atoms with Crippen molar-refractivity contribution in [1.29, 1.82) is 0 Å². The van der Waals surface area contributed by atoms with Gasteiger partial charge in [-0.15, -0.1) is 0 Å². The lowest BCUT2D eigenvalue weighted by molar-refractivity contribution is 0.0636. The minimum atomic E-state index is -0.539. The Morgan fingerprint density at radius 3 is 2.56 bits per heavy atom. The molecule has 0 aliphatic carbocycles. The number of nitrogens with one attached hydrogen (secondary N) is 1. The number of pyridine rings is 1. The molecule has 0 saturated heterocycles. The van der Waals surface area contributed by atoms with Gasteiger partial charge in [-0.3, -0.25) is 5.32 Å². The van der Waals surface area contributed by atoms with Gasteiger partial charge >= 0.3 is 6.09 Å². The van der Waals surface area contributed by atoms with Crippen molar-refractivity contribution in [2.24, 2.45) is 0 Å². The van der Waals surface area contributed by atoms with E-state index < -0.39 is 11.7 Å². The Hall–Kier alpha value is -1.30. The molecule has 0 unspecified atom stereocenters. The summed E-state index contributed by atoms with van der Waals surface area (Å²) in [6, 6.07) is 1.73. The first kappa shape index (κ1) is 14.8. The van der Waals surface area contributed by atoms with Crippen LogP contribution >= 0.6 is 15.9 Å². The minimum absolute atomic E-state index is 0.418. The van der Waals surface area contributed by atoms with Crippen molar-refractivity contribution >= 4 is 27.7 Å². The molecular weight excluding hydrogens is 300 g/mol. The number of halogens is 1. The predicted molar refractivity (Wildman–Crippen MR) is 73.1 cm³/mol. The highest BCUT2D eigenvalue weighted by Crippen LogP contribution is 2.31. The summed E-state index contributed by atoms with van der Waals surface area (Å²) in [5.74, 6) is 0.418. The second kappa shape index (κ2) is 5.56. The van der Waals surface area contributed by atoms with Crippen LogP contribution < -0.4 is 10.1 Å². The van der Waals surface area contributed by atoms with E-state index in [-0.39, 0.29) is 0 Å². The molecule has 6 heteroatoms. The molecule has 0 radical (unpaired) electrons. The standard InChI is InChI=1S/C12H17BrN2O3/c1-7-6-8(9(13)10(14-7)17-5)15-11(16)18-12(2,3)4/h6H,1-5H3,(H,14,15,16). The van der Waals surface area contributed by atoms with Gasteiger partial charge in [0.05, 0.1) is 12.8 Å². The molecule has 18 heavy (non-hydrogen) atoms. The quantitative estimate of drug-likeness (QED) is 0.907. The molecule has 0 saturated carbocycles. The number of rotatable bonds is 2. The second-order valence-electron chi connectivity index (χ2n) is 4.76. The number of ether oxygens (including phenoxy) is 2. The molecule has 0 bridgehead atoms. The van der Waals surface area contributed by atoms with Crippen molar-refractivity contribution in [2.45, 2.75) is 33.3 Å². The highest BCUT2D eigenvalue weighted by atomic mass is 79.9. The minimum Gasteiger partial charge on any atom is -0.480 e. The fourth-order valence-electron chi connectivity index (χ4n) is 1.27. The zero-order chi connectivity index (χ0) is 13.9. The zero-order valence-corrected chi connectivity index (χ0v) is 12.7. The van der Waals surface area contributed by atoms with Gasteiger partial charge in [0.15, 0.2) is 0 Å². The molecule has 0 aromatic carbocycles. The van der Waals surface area contributed by atoms with E-state index in [9.17, 15) is 4.79 Å². The molecule has 0 atom stereocenters. The largest absolute Gasteiger partial charge is 0.480 e. The van der Waals surface area contributed by atoms with Crippen LogP contribution in [0, 0.1) is 6.92 Å². The second-order valence-corrected chi connectivity index (χ2v) is 5.55. The molecular formula is C12H17BrN2O3. The van der Waals surface area contributed by atoms with E-state index in [0.717, 1.165) is 5.69 Å². The van der Waals surface area contributed by atoms with Crippen LogP contribution in [0.4, 0.5) is 10.5 Å². The smallest absolute Gasteiger partial charge is 0.412 e. The van der Waals surface area contributed by atoms with Crippen LogP contribution in [0.5, 0.6) is 5.88 Å². The molecule has 1 aromatic rings. The summed E-state index contributed by atoms with van der Waals surface area (Å²) in [5.41, 5.74) is 0.762. The number of carbonyl (C=O) groups excluding carboxylic acids is 1. The van der Waals surface area contributed by atoms with Gasteiger partial charge in [0.25, 0.3) is 0 Å². The summed E-state index contributed by atoms with van der Waals surface area (Å²) in [6.07, 6.45) is -0.518. The van der Waals surface area contributed by atoms with Crippen LogP contribution in [0.15, 0.2) is 10.5 Å². The Bertz CT molecular complexity index is 455. The number of nitrogens with zero attached hydrogens (tertiary/aromatic N) is 1. The van der Waals surface area contributed by atoms with Crippen LogP contribution in [0.1, 0.15) is 26.5 Å². The first-order valence-corrected chi connectivity index (χ1v) is 6.23. The number of hydrogen-bond acceptors (Lipinski definition) is 4. The first-order chi connectivity index (χ1) is 8.23. The molecule has 0 fully saturated rings. The molecule has 0 aliphatic heterocycles. The lowest BCUT2D eigenvalue weighted by atomic mass is 10.2. The molecule has 5 nitrogen and oxygen atoms in total. The molecule has 100 valence electrons. The molecule has 1 heterocycles. The van der Waals surface area contributed by atoms with Crippen molar-refractivity contribution in [2.75, 3.05) is 12.4 Å². The summed E-state index contributed by atoms with van der Waals surface area (Å²) < 4.78 is 10.9. The van der Waals surface area contributed by atoms with Gasteiger partial charge in [0, 0.05) is 5.69 Å². The van der Waals surface area contributed by atoms with E-state index in [2.05, 4.69) is 26.2 Å². The normalized spacial score (nSPS) is 11.0. The third kappa shape index (κ3) is 4.18. The van der Waals surface area contributed by atoms with Crippen molar-refractivity contribution in [3.8, 4) is 5.88 Å². The monoisotopic (exact) mass is 316 g/mol. The summed E-state index contributed by atoms with van der Waals surface area (Å²) in [7, 11) is 1.52. The average Bonchev–Trinajstić information content (AvgIpc) is 2.20. The molecule has 0 aliphatic rings. The molecule has 0 spiro atoms. The summed E-state index contributed by atoms with van der Waals surface area (Å²) in [5, 5.41) is 2.65. The van der Waals surface area contributed by atoms with E-state index >= 15 is 0 Å². The first-order valence-electron chi connectivity index (χ1n) is 5.44. The van der Waals surface area contributed by atoms with Gasteiger partial charge in [0.1, 0.15) is 10.1 Å². The summed E-state index contributed by atoms with van der Waals surface area (Å²) in [6.45, 7) is 7.23. The van der Waals surface area contributed by atoms with Gasteiger partial charge in [0.2, 0.25) is 5.88 Å². The van der Waals surface area contributed by atoms with Crippen LogP contribution in [0.25, 0.3) is 0 Å². The number of amides is 1. The van der Waals surface area contributed by atoms with E-state index in [0.29, 0.717) is 16.0 Å². The number of methoxy groups -OCH3 is 1. The lowest BCUT2D eigenvalue weighted by Crippen LogP contribution is -2.27. The maximum atomic E-state index is 11.7. The molecule has 1 rings (SSSR count). The Balaban J connectivity index is 2.91. The highest BCUT2D eigenvalue weighted by Gasteiger charge is 2.18. The molecule has 1 N–H and O–H groups in total. The summed E-state index contributed by atoms with van der Waals surface area (Å²) >= 11 is 3.33. The number of aromatic nitrogens is 1. The van der Waals surface area contributed by atoms with Crippen LogP contribution in [-0.4, -0.2) is 23.8 Å². The zero-order valence-electron chi connectivity index (χ0n) is 11.1. The van der Waals surface area contributed by atoms with Crippen molar-refractivity contribution in [3.05, 3.63) is 16.2 Å². The van der Waals surface area contributed by atoms with Crippen molar-refractivity contribution in [3.63, 3.8) is 0 Å². The van der Waals surface area contributed by atoms with Crippen molar-refractivity contribution in [1.82, 2.24) is 4.98 Å². The number of anilines is 1. The van der Waals surface area contributed by atoms with Gasteiger partial charge in [-0.2, -0.15) is 0 Å². The summed E-state index contributed by atoms with van der Waals surface area (Å²) in [4.78, 5) is 15.8. The third-order valence-corrected chi connectivity index (χ3v) is 2.65. The van der Waals surface area contributed by atoms with E-state index in [1.54, 1.807) is 26.8 Å². The lowest BCUT2D eigenvalue weighted by Gasteiger charge is -2.20. The Morgan fingerprint density at radius 2 is 2.06 bits per heavy atom. The topological polar surface area (TPSA) is 60.5 Å². The Labute approximate surface area is 115 Å². The number of carbonyl (C=O) groups is 1. The Morgan fingerprint density at radius 1 is 1.44 bits per heavy atom. The van der Waals surface area contributed by atoms with Crippen molar-refractivity contribution < 1.29 is 14.3 Å². The van der Waals surface area contributed by atoms with E-state index in [1.807, 2.05) is 6.92 Å². The van der Waals surface area contributed by atoms with Crippen LogP contribution in [0.3, 0.4) is 0 Å². The average molecular weight is 317 g/mol. The highest BCUT2D eigenvalue weighted by molar-refractivity contribution is 9.10. The molecule has 1 amide bonds. The maximum absolute atomic E-state index is 11.7. The van der Waals surface area contributed by atoms with Crippen LogP contribution in [-0.2, 0) is 4.74 Å².